The summed E-state index contributed by atoms with van der Waals surface area (Å²) in [6.07, 6.45) is 9.59. The number of anilines is 1. The van der Waals surface area contributed by atoms with Crippen molar-refractivity contribution in [3.63, 3.8) is 0 Å². The topological polar surface area (TPSA) is 70.3 Å². The molecule has 0 aliphatic carbocycles. The van der Waals surface area contributed by atoms with Gasteiger partial charge in [-0.3, -0.25) is 4.84 Å². The Labute approximate surface area is 248 Å². The molecule has 7 heteroatoms. The Morgan fingerprint density at radius 1 is 1.00 bits per heavy atom. The minimum Gasteiger partial charge on any atom is -0.494 e. The number of benzene rings is 3. The molecule has 0 atom stereocenters. The Morgan fingerprint density at radius 2 is 1.76 bits per heavy atom. The third-order valence-electron chi connectivity index (χ3n) is 8.03. The van der Waals surface area contributed by atoms with Crippen molar-refractivity contribution < 1.29 is 14.3 Å². The molecule has 3 heterocycles. The van der Waals surface area contributed by atoms with Crippen LogP contribution in [0.1, 0.15) is 60.4 Å². The summed E-state index contributed by atoms with van der Waals surface area (Å²) in [5.41, 5.74) is 7.83. The van der Waals surface area contributed by atoms with Gasteiger partial charge in [-0.15, -0.1) is 0 Å². The van der Waals surface area contributed by atoms with E-state index < -0.39 is 0 Å². The molecule has 0 saturated carbocycles. The number of aliphatic imine (C=N–C) groups is 1. The molecule has 0 amide bonds. The van der Waals surface area contributed by atoms with Crippen LogP contribution in [-0.2, 0) is 28.8 Å². The van der Waals surface area contributed by atoms with Crippen molar-refractivity contribution in [1.82, 2.24) is 5.06 Å². The van der Waals surface area contributed by atoms with Crippen molar-refractivity contribution in [3.05, 3.63) is 94.2 Å². The van der Waals surface area contributed by atoms with Crippen molar-refractivity contribution in [2.24, 2.45) is 4.99 Å². The molecule has 6 rings (SSSR count). The van der Waals surface area contributed by atoms with Gasteiger partial charge in [0.25, 0.3) is 0 Å². The fourth-order valence-corrected chi connectivity index (χ4v) is 6.08. The van der Waals surface area contributed by atoms with E-state index in [0.29, 0.717) is 42.8 Å². The van der Waals surface area contributed by atoms with Crippen LogP contribution in [0.5, 0.6) is 5.75 Å². The van der Waals surface area contributed by atoms with Crippen LogP contribution in [-0.4, -0.2) is 43.9 Å². The summed E-state index contributed by atoms with van der Waals surface area (Å²) < 4.78 is 11.9. The standard InChI is InChI=1S/C35H38N4O3/c1-2-40-31-16-14-26(15-17-31)9-5-6-20-39-35(37-33-13-4-3-10-30(33)24-36)42-32(25-41-39)23-27-21-28-11-7-18-38-19-8-12-29(22-27)34(28)38/h3-4,10,13-17,21-23H,2,5-9,11-12,18-20,25H2,1H3/b32-23+,37-35?. The fraction of sp³-hybridized carbons (Fsp3) is 0.371. The van der Waals surface area contributed by atoms with Gasteiger partial charge in [0.05, 0.1) is 24.4 Å². The van der Waals surface area contributed by atoms with E-state index in [9.17, 15) is 5.26 Å². The number of hydrogen-bond acceptors (Lipinski definition) is 6. The van der Waals surface area contributed by atoms with E-state index in [0.717, 1.165) is 56.5 Å². The second kappa shape index (κ2) is 13.1. The zero-order valence-corrected chi connectivity index (χ0v) is 24.3. The zero-order chi connectivity index (χ0) is 28.7. The smallest absolute Gasteiger partial charge is 0.322 e. The van der Waals surface area contributed by atoms with Crippen molar-refractivity contribution in [3.8, 4) is 11.8 Å². The lowest BCUT2D eigenvalue weighted by Crippen LogP contribution is -2.39. The van der Waals surface area contributed by atoms with Gasteiger partial charge in [0.15, 0.2) is 0 Å². The number of ether oxygens (including phenoxy) is 2. The second-order valence-electron chi connectivity index (χ2n) is 11.0. The lowest BCUT2D eigenvalue weighted by molar-refractivity contribution is -0.134. The summed E-state index contributed by atoms with van der Waals surface area (Å²) in [7, 11) is 0. The van der Waals surface area contributed by atoms with Crippen LogP contribution in [0.15, 0.2) is 71.4 Å². The molecule has 1 saturated heterocycles. The van der Waals surface area contributed by atoms with Crippen molar-refractivity contribution in [2.45, 2.75) is 51.9 Å². The number of rotatable bonds is 9. The second-order valence-corrected chi connectivity index (χ2v) is 11.0. The molecule has 42 heavy (non-hydrogen) atoms. The number of aryl methyl sites for hydroxylation is 3. The van der Waals surface area contributed by atoms with Crippen molar-refractivity contribution >= 4 is 23.5 Å². The first-order valence-corrected chi connectivity index (χ1v) is 15.2. The van der Waals surface area contributed by atoms with Crippen molar-refractivity contribution in [1.29, 1.82) is 5.26 Å². The van der Waals surface area contributed by atoms with Crippen LogP contribution >= 0.6 is 0 Å². The van der Waals surface area contributed by atoms with Gasteiger partial charge in [-0.1, -0.05) is 24.3 Å². The third kappa shape index (κ3) is 6.45. The molecule has 0 aromatic heterocycles. The van der Waals surface area contributed by atoms with Gasteiger partial charge in [-0.2, -0.15) is 10.3 Å². The van der Waals surface area contributed by atoms with Crippen LogP contribution in [0.25, 0.3) is 6.08 Å². The summed E-state index contributed by atoms with van der Waals surface area (Å²) in [5, 5.41) is 11.4. The van der Waals surface area contributed by atoms with Gasteiger partial charge in [-0.05, 0) is 117 Å². The van der Waals surface area contributed by atoms with E-state index in [2.05, 4.69) is 41.3 Å². The van der Waals surface area contributed by atoms with Gasteiger partial charge in [-0.25, -0.2) is 5.06 Å². The van der Waals surface area contributed by atoms with Gasteiger partial charge >= 0.3 is 6.02 Å². The molecule has 0 radical (unpaired) electrons. The Balaban J connectivity index is 1.18. The average Bonchev–Trinajstić information content (AvgIpc) is 3.02. The number of amidine groups is 1. The fourth-order valence-electron chi connectivity index (χ4n) is 6.08. The monoisotopic (exact) mass is 562 g/mol. The van der Waals surface area contributed by atoms with Gasteiger partial charge < -0.3 is 14.4 Å². The SMILES string of the molecule is CCOc1ccc(CCCCN2OC/C(=C\c3cc4c5c(c3)CCCN5CCC4)OC2=Nc2ccccc2C#N)cc1. The first kappa shape index (κ1) is 27.9. The van der Waals surface area contributed by atoms with E-state index >= 15 is 0 Å². The lowest BCUT2D eigenvalue weighted by atomic mass is 9.90. The minimum atomic E-state index is 0.330. The third-order valence-corrected chi connectivity index (χ3v) is 8.03. The van der Waals surface area contributed by atoms with Crippen LogP contribution in [0, 0.1) is 11.3 Å². The maximum absolute atomic E-state index is 9.63. The molecular formula is C35H38N4O3. The number of hydroxylamine groups is 2. The van der Waals surface area contributed by atoms with Crippen LogP contribution in [0.3, 0.4) is 0 Å². The Morgan fingerprint density at radius 3 is 2.50 bits per heavy atom. The molecular weight excluding hydrogens is 524 g/mol. The Hall–Kier alpha value is -4.28. The molecule has 3 aliphatic heterocycles. The highest BCUT2D eigenvalue weighted by Gasteiger charge is 2.26. The van der Waals surface area contributed by atoms with Gasteiger partial charge in [0, 0.05) is 18.8 Å². The van der Waals surface area contributed by atoms with E-state index in [1.807, 2.05) is 37.3 Å². The number of para-hydroxylation sites is 1. The quantitative estimate of drug-likeness (QED) is 0.262. The lowest BCUT2D eigenvalue weighted by Gasteiger charge is -2.37. The molecule has 7 nitrogen and oxygen atoms in total. The summed E-state index contributed by atoms with van der Waals surface area (Å²) >= 11 is 0. The first-order chi connectivity index (χ1) is 20.7. The van der Waals surface area contributed by atoms with Crippen molar-refractivity contribution in [2.75, 3.05) is 37.7 Å². The predicted molar refractivity (Wildman–Crippen MR) is 166 cm³/mol. The van der Waals surface area contributed by atoms with Crippen LogP contribution < -0.4 is 9.64 Å². The zero-order valence-electron chi connectivity index (χ0n) is 24.3. The highest BCUT2D eigenvalue weighted by Crippen LogP contribution is 2.36. The molecule has 0 bridgehead atoms. The number of unbranched alkanes of at least 4 members (excludes halogenated alkanes) is 1. The maximum Gasteiger partial charge on any atom is 0.322 e. The molecule has 3 aromatic carbocycles. The van der Waals surface area contributed by atoms with E-state index in [1.165, 1.54) is 35.2 Å². The first-order valence-electron chi connectivity index (χ1n) is 15.2. The van der Waals surface area contributed by atoms with Crippen LogP contribution in [0.2, 0.25) is 0 Å². The molecule has 1 fully saturated rings. The van der Waals surface area contributed by atoms with E-state index in [4.69, 9.17) is 19.3 Å². The molecule has 0 N–H and O–H groups in total. The Kier molecular flexibility index (Phi) is 8.72. The maximum atomic E-state index is 9.63. The number of nitriles is 1. The van der Waals surface area contributed by atoms with E-state index in [-0.39, 0.29) is 0 Å². The molecule has 3 aliphatic rings. The summed E-state index contributed by atoms with van der Waals surface area (Å²) in [4.78, 5) is 13.5. The molecule has 0 spiro atoms. The van der Waals surface area contributed by atoms with E-state index in [1.54, 1.807) is 11.1 Å². The minimum absolute atomic E-state index is 0.330. The van der Waals surface area contributed by atoms with Crippen LogP contribution in [0.4, 0.5) is 11.4 Å². The molecule has 3 aromatic rings. The number of nitrogens with zero attached hydrogens (tertiary/aromatic N) is 4. The number of hydrogen-bond donors (Lipinski definition) is 0. The largest absolute Gasteiger partial charge is 0.494 e. The predicted octanol–water partition coefficient (Wildman–Crippen LogP) is 6.97. The normalized spacial score (nSPS) is 18.0. The van der Waals surface area contributed by atoms with Gasteiger partial charge in [0.1, 0.15) is 24.2 Å². The molecule has 216 valence electrons. The summed E-state index contributed by atoms with van der Waals surface area (Å²) in [5.74, 6) is 1.61. The Bertz CT molecular complexity index is 1470. The average molecular weight is 563 g/mol. The highest BCUT2D eigenvalue weighted by atomic mass is 16.7. The summed E-state index contributed by atoms with van der Waals surface area (Å²) in [6.45, 7) is 5.96. The summed E-state index contributed by atoms with van der Waals surface area (Å²) in [6, 6.07) is 22.8. The molecule has 0 unspecified atom stereocenters. The van der Waals surface area contributed by atoms with Gasteiger partial charge in [0.2, 0.25) is 0 Å². The highest BCUT2D eigenvalue weighted by molar-refractivity contribution is 5.80.